The molecule has 0 radical (unpaired) electrons. The Morgan fingerprint density at radius 1 is 1.42 bits per heavy atom. The first-order valence-corrected chi connectivity index (χ1v) is 7.55. The quantitative estimate of drug-likeness (QED) is 0.662. The zero-order valence-electron chi connectivity index (χ0n) is 13.7. The topological polar surface area (TPSA) is 123 Å². The van der Waals surface area contributed by atoms with Crippen LogP contribution in [-0.4, -0.2) is 79.6 Å². The molecule has 11 nitrogen and oxygen atoms in total. The number of urea groups is 1. The summed E-state index contributed by atoms with van der Waals surface area (Å²) >= 11 is 0. The van der Waals surface area contributed by atoms with E-state index in [0.717, 1.165) is 4.90 Å². The molecule has 1 N–H and O–H groups in total. The number of rotatable bonds is 3. The summed E-state index contributed by atoms with van der Waals surface area (Å²) in [6.07, 6.45) is -0.442. The molecular weight excluding hydrogens is 318 g/mol. The fourth-order valence-corrected chi connectivity index (χ4v) is 2.74. The number of nitrogens with one attached hydrogen (secondary N) is 1. The van der Waals surface area contributed by atoms with Gasteiger partial charge in [0.05, 0.1) is 13.2 Å². The number of imide groups is 1. The van der Waals surface area contributed by atoms with E-state index in [-0.39, 0.29) is 19.0 Å². The van der Waals surface area contributed by atoms with Crippen molar-refractivity contribution in [3.8, 4) is 0 Å². The van der Waals surface area contributed by atoms with Crippen molar-refractivity contribution in [1.82, 2.24) is 35.3 Å². The second-order valence-corrected chi connectivity index (χ2v) is 6.31. The monoisotopic (exact) mass is 337 g/mol. The van der Waals surface area contributed by atoms with Gasteiger partial charge in [-0.25, -0.2) is 9.48 Å². The molecule has 3 rings (SSSR count). The number of hydrogen-bond donors (Lipinski definition) is 1. The first-order chi connectivity index (χ1) is 11.3. The van der Waals surface area contributed by atoms with Gasteiger partial charge >= 0.3 is 6.03 Å². The third-order valence-electron chi connectivity index (χ3n) is 4.10. The highest BCUT2D eigenvalue weighted by atomic mass is 16.5. The number of nitrogens with zero attached hydrogens (tertiary/aromatic N) is 6. The van der Waals surface area contributed by atoms with E-state index in [4.69, 9.17) is 4.74 Å². The highest BCUT2D eigenvalue weighted by Crippen LogP contribution is 2.21. The smallest absolute Gasteiger partial charge is 0.325 e. The first-order valence-electron chi connectivity index (χ1n) is 7.55. The molecule has 11 heteroatoms. The van der Waals surface area contributed by atoms with Gasteiger partial charge in [-0.15, -0.1) is 5.10 Å². The van der Waals surface area contributed by atoms with Gasteiger partial charge in [0.2, 0.25) is 5.91 Å². The summed E-state index contributed by atoms with van der Waals surface area (Å²) in [7, 11) is 1.69. The fraction of sp³-hybridized carbons (Fsp3) is 0.692. The molecule has 1 aromatic rings. The van der Waals surface area contributed by atoms with E-state index in [0.29, 0.717) is 19.0 Å². The number of aryl methyl sites for hydroxylation is 1. The van der Waals surface area contributed by atoms with Crippen molar-refractivity contribution in [2.75, 3.05) is 26.2 Å². The van der Waals surface area contributed by atoms with Crippen LogP contribution in [0, 0.1) is 0 Å². The minimum Gasteiger partial charge on any atom is -0.366 e. The van der Waals surface area contributed by atoms with E-state index in [9.17, 15) is 14.4 Å². The molecule has 0 bridgehead atoms. The molecule has 2 saturated heterocycles. The largest absolute Gasteiger partial charge is 0.366 e. The number of tetrazole rings is 1. The van der Waals surface area contributed by atoms with Gasteiger partial charge in [0.25, 0.3) is 5.91 Å². The standard InChI is InChI=1S/C13H19N7O4/c1-13(2)11(22)20(12(23)14-13)7-9(21)19-4-5-24-8(6-19)10-15-16-17-18(10)3/h8H,4-7H2,1-3H3,(H,14,23). The van der Waals surface area contributed by atoms with Gasteiger partial charge in [0.1, 0.15) is 18.2 Å². The molecule has 4 amide bonds. The Balaban J connectivity index is 1.66. The molecule has 130 valence electrons. The minimum absolute atomic E-state index is 0.264. The van der Waals surface area contributed by atoms with Gasteiger partial charge in [0.15, 0.2) is 5.82 Å². The number of hydrogen-bond acceptors (Lipinski definition) is 7. The molecule has 1 unspecified atom stereocenters. The molecule has 0 aliphatic carbocycles. The van der Waals surface area contributed by atoms with Crippen molar-refractivity contribution in [2.45, 2.75) is 25.5 Å². The predicted octanol–water partition coefficient (Wildman–Crippen LogP) is -1.56. The van der Waals surface area contributed by atoms with Crippen LogP contribution in [0.15, 0.2) is 0 Å². The van der Waals surface area contributed by atoms with Gasteiger partial charge in [-0.1, -0.05) is 0 Å². The van der Waals surface area contributed by atoms with Crippen LogP contribution in [0.2, 0.25) is 0 Å². The number of ether oxygens (including phenoxy) is 1. The van der Waals surface area contributed by atoms with Gasteiger partial charge < -0.3 is 15.0 Å². The van der Waals surface area contributed by atoms with Crippen molar-refractivity contribution in [2.24, 2.45) is 7.05 Å². The summed E-state index contributed by atoms with van der Waals surface area (Å²) in [5.74, 6) is -0.216. The Labute approximate surface area is 137 Å². The van der Waals surface area contributed by atoms with E-state index < -0.39 is 23.6 Å². The lowest BCUT2D eigenvalue weighted by molar-refractivity contribution is -0.143. The molecular formula is C13H19N7O4. The van der Waals surface area contributed by atoms with Crippen molar-refractivity contribution >= 4 is 17.8 Å². The SMILES string of the molecule is Cn1nnnc1C1CN(C(=O)CN2C(=O)NC(C)(C)C2=O)CCO1. The maximum Gasteiger partial charge on any atom is 0.325 e. The average Bonchev–Trinajstić information content (AvgIpc) is 3.04. The Kier molecular flexibility index (Phi) is 3.95. The summed E-state index contributed by atoms with van der Waals surface area (Å²) in [4.78, 5) is 39.0. The van der Waals surface area contributed by atoms with E-state index in [1.54, 1.807) is 25.8 Å². The third kappa shape index (κ3) is 2.82. The van der Waals surface area contributed by atoms with Crippen molar-refractivity contribution < 1.29 is 19.1 Å². The zero-order chi connectivity index (χ0) is 17.5. The Morgan fingerprint density at radius 2 is 2.17 bits per heavy atom. The van der Waals surface area contributed by atoms with Crippen LogP contribution < -0.4 is 5.32 Å². The van der Waals surface area contributed by atoms with Crippen molar-refractivity contribution in [3.05, 3.63) is 5.82 Å². The van der Waals surface area contributed by atoms with Crippen LogP contribution in [0.3, 0.4) is 0 Å². The number of amides is 4. The highest BCUT2D eigenvalue weighted by molar-refractivity contribution is 6.08. The molecule has 0 spiro atoms. The zero-order valence-corrected chi connectivity index (χ0v) is 13.7. The Hall–Kier alpha value is -2.56. The molecule has 24 heavy (non-hydrogen) atoms. The number of carbonyl (C=O) groups is 3. The molecule has 2 aliphatic heterocycles. The van der Waals surface area contributed by atoms with Crippen molar-refractivity contribution in [1.29, 1.82) is 0 Å². The Morgan fingerprint density at radius 3 is 2.75 bits per heavy atom. The van der Waals surface area contributed by atoms with E-state index in [2.05, 4.69) is 20.8 Å². The maximum absolute atomic E-state index is 12.5. The molecule has 0 aromatic carbocycles. The number of aromatic nitrogens is 4. The van der Waals surface area contributed by atoms with Gasteiger partial charge in [-0.3, -0.25) is 14.5 Å². The van der Waals surface area contributed by atoms with Gasteiger partial charge in [0, 0.05) is 13.6 Å². The molecule has 1 atom stereocenters. The summed E-state index contributed by atoms with van der Waals surface area (Å²) in [6, 6.07) is -0.555. The average molecular weight is 337 g/mol. The molecule has 0 saturated carbocycles. The number of morpholine rings is 1. The van der Waals surface area contributed by atoms with E-state index >= 15 is 0 Å². The normalized spacial score (nSPS) is 23.5. The lowest BCUT2D eigenvalue weighted by Crippen LogP contribution is -2.48. The first kappa shape index (κ1) is 16.3. The minimum atomic E-state index is -0.991. The van der Waals surface area contributed by atoms with Crippen LogP contribution >= 0.6 is 0 Å². The lowest BCUT2D eigenvalue weighted by atomic mass is 10.1. The predicted molar refractivity (Wildman–Crippen MR) is 78.4 cm³/mol. The van der Waals surface area contributed by atoms with Crippen LogP contribution in [0.1, 0.15) is 25.8 Å². The highest BCUT2D eigenvalue weighted by Gasteiger charge is 2.45. The van der Waals surface area contributed by atoms with Gasteiger partial charge in [-0.2, -0.15) is 0 Å². The molecule has 2 fully saturated rings. The lowest BCUT2D eigenvalue weighted by Gasteiger charge is -2.32. The fourth-order valence-electron chi connectivity index (χ4n) is 2.74. The maximum atomic E-state index is 12.5. The molecule has 2 aliphatic rings. The van der Waals surface area contributed by atoms with Crippen LogP contribution in [0.25, 0.3) is 0 Å². The number of carbonyl (C=O) groups excluding carboxylic acids is 3. The van der Waals surface area contributed by atoms with Crippen molar-refractivity contribution in [3.63, 3.8) is 0 Å². The third-order valence-corrected chi connectivity index (χ3v) is 4.10. The summed E-state index contributed by atoms with van der Waals surface area (Å²) < 4.78 is 7.10. The van der Waals surface area contributed by atoms with Crippen LogP contribution in [0.5, 0.6) is 0 Å². The summed E-state index contributed by atoms with van der Waals surface area (Å²) in [6.45, 7) is 3.88. The summed E-state index contributed by atoms with van der Waals surface area (Å²) in [5.41, 5.74) is -0.991. The molecule has 3 heterocycles. The van der Waals surface area contributed by atoms with E-state index in [1.807, 2.05) is 0 Å². The second-order valence-electron chi connectivity index (χ2n) is 6.31. The van der Waals surface area contributed by atoms with E-state index in [1.165, 1.54) is 4.68 Å². The van der Waals surface area contributed by atoms with Crippen LogP contribution in [0.4, 0.5) is 4.79 Å². The van der Waals surface area contributed by atoms with Gasteiger partial charge in [-0.05, 0) is 24.3 Å². The summed E-state index contributed by atoms with van der Waals surface area (Å²) in [5, 5.41) is 13.7. The molecule has 1 aromatic heterocycles. The second kappa shape index (κ2) is 5.82. The Bertz CT molecular complexity index is 686. The van der Waals surface area contributed by atoms with Crippen LogP contribution in [-0.2, 0) is 21.4 Å².